The summed E-state index contributed by atoms with van der Waals surface area (Å²) >= 11 is 5.11. The first-order valence-electron chi connectivity index (χ1n) is 9.87. The fraction of sp³-hybridized carbons (Fsp3) is 0.261. The molecule has 1 atom stereocenters. The summed E-state index contributed by atoms with van der Waals surface area (Å²) in [4.78, 5) is 17.6. The fourth-order valence-corrected chi connectivity index (χ4v) is 3.31. The van der Waals surface area contributed by atoms with E-state index in [4.69, 9.17) is 17.2 Å². The maximum Gasteiger partial charge on any atom is 0.270 e. The van der Waals surface area contributed by atoms with Gasteiger partial charge in [-0.05, 0) is 49.2 Å². The molecular weight excluding hydrogens is 380 g/mol. The van der Waals surface area contributed by atoms with Gasteiger partial charge in [0.05, 0.1) is 16.8 Å². The van der Waals surface area contributed by atoms with Crippen LogP contribution < -0.4 is 16.2 Å². The van der Waals surface area contributed by atoms with Crippen molar-refractivity contribution < 1.29 is 4.79 Å². The standard InChI is InChI=1S/C23H26N4OS/c1-4-15(3)16-10-12-17(13-11-16)21-14-19(18-8-6-7-9-20(18)25-21)22(28)26-27-23(29)24-5-2/h6-15H,4-5H2,1-3H3,(H,26,28)(H2,24,27,29). The highest BCUT2D eigenvalue weighted by molar-refractivity contribution is 7.80. The van der Waals surface area contributed by atoms with Crippen molar-refractivity contribution in [1.29, 1.82) is 0 Å². The van der Waals surface area contributed by atoms with E-state index >= 15 is 0 Å². The molecule has 5 nitrogen and oxygen atoms in total. The van der Waals surface area contributed by atoms with E-state index in [0.29, 0.717) is 23.1 Å². The number of carbonyl (C=O) groups excluding carboxylic acids is 1. The van der Waals surface area contributed by atoms with Gasteiger partial charge in [-0.25, -0.2) is 4.98 Å². The number of nitrogens with one attached hydrogen (secondary N) is 3. The van der Waals surface area contributed by atoms with Crippen LogP contribution in [0.15, 0.2) is 54.6 Å². The summed E-state index contributed by atoms with van der Waals surface area (Å²) in [7, 11) is 0. The first-order chi connectivity index (χ1) is 14.0. The summed E-state index contributed by atoms with van der Waals surface area (Å²) < 4.78 is 0. The zero-order valence-corrected chi connectivity index (χ0v) is 17.8. The van der Waals surface area contributed by atoms with Gasteiger partial charge in [0.15, 0.2) is 5.11 Å². The highest BCUT2D eigenvalue weighted by atomic mass is 32.1. The molecule has 0 aliphatic rings. The summed E-state index contributed by atoms with van der Waals surface area (Å²) in [5.41, 5.74) is 9.76. The van der Waals surface area contributed by atoms with E-state index < -0.39 is 0 Å². The Hall–Kier alpha value is -2.99. The van der Waals surface area contributed by atoms with Crippen LogP contribution in [0.2, 0.25) is 0 Å². The van der Waals surface area contributed by atoms with Crippen LogP contribution in [0.1, 0.15) is 49.0 Å². The second-order valence-electron chi connectivity index (χ2n) is 6.94. The minimum absolute atomic E-state index is 0.263. The Balaban J connectivity index is 1.95. The lowest BCUT2D eigenvalue weighted by atomic mass is 9.96. The number of hydrogen-bond donors (Lipinski definition) is 3. The van der Waals surface area contributed by atoms with Gasteiger partial charge >= 0.3 is 0 Å². The molecule has 0 saturated carbocycles. The Morgan fingerprint density at radius 3 is 2.48 bits per heavy atom. The molecule has 1 unspecified atom stereocenters. The quantitative estimate of drug-likeness (QED) is 0.429. The highest BCUT2D eigenvalue weighted by Crippen LogP contribution is 2.27. The van der Waals surface area contributed by atoms with E-state index in [1.54, 1.807) is 0 Å². The Kier molecular flexibility index (Phi) is 6.77. The van der Waals surface area contributed by atoms with E-state index in [0.717, 1.165) is 28.6 Å². The predicted octanol–water partition coefficient (Wildman–Crippen LogP) is 4.54. The molecule has 3 N–H and O–H groups in total. The lowest BCUT2D eigenvalue weighted by molar-refractivity contribution is 0.0945. The SMILES string of the molecule is CCNC(=S)NNC(=O)c1cc(-c2ccc(C(C)CC)cc2)nc2ccccc12. The van der Waals surface area contributed by atoms with Crippen molar-refractivity contribution in [2.75, 3.05) is 6.54 Å². The van der Waals surface area contributed by atoms with Crippen molar-refractivity contribution in [1.82, 2.24) is 21.2 Å². The average molecular weight is 407 g/mol. The smallest absolute Gasteiger partial charge is 0.270 e. The number of nitrogens with zero attached hydrogens (tertiary/aromatic N) is 1. The zero-order chi connectivity index (χ0) is 20.8. The maximum atomic E-state index is 12.8. The Morgan fingerprint density at radius 2 is 1.79 bits per heavy atom. The van der Waals surface area contributed by atoms with E-state index in [2.05, 4.69) is 54.3 Å². The normalized spacial score (nSPS) is 11.7. The number of thiocarbonyl (C=S) groups is 1. The second-order valence-corrected chi connectivity index (χ2v) is 7.35. The topological polar surface area (TPSA) is 66.0 Å². The molecule has 3 rings (SSSR count). The number of aromatic nitrogens is 1. The lowest BCUT2D eigenvalue weighted by Gasteiger charge is -2.13. The molecule has 0 radical (unpaired) electrons. The van der Waals surface area contributed by atoms with Crippen LogP contribution in [0.25, 0.3) is 22.2 Å². The van der Waals surface area contributed by atoms with Crippen molar-refractivity contribution in [3.8, 4) is 11.3 Å². The number of rotatable bonds is 5. The molecule has 1 aromatic heterocycles. The van der Waals surface area contributed by atoms with Gasteiger partial charge in [-0.1, -0.05) is 56.3 Å². The number of pyridine rings is 1. The molecule has 0 fully saturated rings. The van der Waals surface area contributed by atoms with Gasteiger partial charge in [-0.15, -0.1) is 0 Å². The summed E-state index contributed by atoms with van der Waals surface area (Å²) in [5.74, 6) is 0.253. The molecule has 3 aromatic rings. The number of fused-ring (bicyclic) bond motifs is 1. The fourth-order valence-electron chi connectivity index (χ4n) is 3.11. The summed E-state index contributed by atoms with van der Waals surface area (Å²) in [6.07, 6.45) is 1.10. The molecule has 1 amide bonds. The van der Waals surface area contributed by atoms with E-state index in [1.807, 2.05) is 37.3 Å². The first-order valence-corrected chi connectivity index (χ1v) is 10.3. The number of benzene rings is 2. The van der Waals surface area contributed by atoms with Gasteiger partial charge in [0, 0.05) is 17.5 Å². The predicted molar refractivity (Wildman–Crippen MR) is 123 cm³/mol. The Bertz CT molecular complexity index is 1020. The van der Waals surface area contributed by atoms with Crippen molar-refractivity contribution in [2.24, 2.45) is 0 Å². The molecule has 0 aliphatic carbocycles. The van der Waals surface area contributed by atoms with Crippen LogP contribution in [-0.4, -0.2) is 22.5 Å². The monoisotopic (exact) mass is 406 g/mol. The van der Waals surface area contributed by atoms with Gasteiger partial charge in [0.25, 0.3) is 5.91 Å². The number of hydrazine groups is 1. The van der Waals surface area contributed by atoms with Crippen LogP contribution in [0.4, 0.5) is 0 Å². The lowest BCUT2D eigenvalue weighted by Crippen LogP contribution is -2.46. The van der Waals surface area contributed by atoms with Gasteiger partial charge in [-0.3, -0.25) is 15.6 Å². The van der Waals surface area contributed by atoms with Crippen LogP contribution in [-0.2, 0) is 0 Å². The number of amides is 1. The molecule has 0 bridgehead atoms. The van der Waals surface area contributed by atoms with Crippen molar-refractivity contribution in [3.05, 3.63) is 65.7 Å². The number of carbonyl (C=O) groups is 1. The summed E-state index contributed by atoms with van der Waals surface area (Å²) in [6, 6.07) is 17.9. The minimum Gasteiger partial charge on any atom is -0.362 e. The molecule has 2 aromatic carbocycles. The maximum absolute atomic E-state index is 12.8. The first kappa shape index (κ1) is 20.7. The van der Waals surface area contributed by atoms with Crippen molar-refractivity contribution in [3.63, 3.8) is 0 Å². The molecule has 1 heterocycles. The molecule has 0 saturated heterocycles. The van der Waals surface area contributed by atoms with Crippen LogP contribution in [0.5, 0.6) is 0 Å². The number of para-hydroxylation sites is 1. The Morgan fingerprint density at radius 1 is 1.07 bits per heavy atom. The van der Waals surface area contributed by atoms with Crippen LogP contribution >= 0.6 is 12.2 Å². The van der Waals surface area contributed by atoms with E-state index in [-0.39, 0.29) is 5.91 Å². The second kappa shape index (κ2) is 9.47. The molecule has 150 valence electrons. The third kappa shape index (κ3) is 4.90. The third-order valence-electron chi connectivity index (χ3n) is 4.98. The van der Waals surface area contributed by atoms with E-state index in [9.17, 15) is 4.79 Å². The average Bonchev–Trinajstić information content (AvgIpc) is 2.76. The van der Waals surface area contributed by atoms with Crippen molar-refractivity contribution in [2.45, 2.75) is 33.1 Å². The zero-order valence-electron chi connectivity index (χ0n) is 17.0. The summed E-state index contributed by atoms with van der Waals surface area (Å²) in [6.45, 7) is 7.02. The van der Waals surface area contributed by atoms with Gasteiger partial charge < -0.3 is 5.32 Å². The van der Waals surface area contributed by atoms with Gasteiger partial charge in [0.1, 0.15) is 0 Å². The molecular formula is C23H26N4OS. The Labute approximate surface area is 176 Å². The summed E-state index contributed by atoms with van der Waals surface area (Å²) in [5, 5.41) is 4.11. The molecule has 0 spiro atoms. The minimum atomic E-state index is -0.263. The van der Waals surface area contributed by atoms with Crippen molar-refractivity contribution >= 4 is 34.1 Å². The molecule has 29 heavy (non-hydrogen) atoms. The highest BCUT2D eigenvalue weighted by Gasteiger charge is 2.14. The molecule has 0 aliphatic heterocycles. The third-order valence-corrected chi connectivity index (χ3v) is 5.22. The van der Waals surface area contributed by atoms with E-state index in [1.165, 1.54) is 5.56 Å². The van der Waals surface area contributed by atoms with Gasteiger partial charge in [-0.2, -0.15) is 0 Å². The van der Waals surface area contributed by atoms with Crippen LogP contribution in [0, 0.1) is 0 Å². The number of hydrogen-bond acceptors (Lipinski definition) is 3. The molecule has 6 heteroatoms. The van der Waals surface area contributed by atoms with Crippen LogP contribution in [0.3, 0.4) is 0 Å². The largest absolute Gasteiger partial charge is 0.362 e. The van der Waals surface area contributed by atoms with Gasteiger partial charge in [0.2, 0.25) is 0 Å².